The van der Waals surface area contributed by atoms with E-state index in [1.807, 2.05) is 0 Å². The molecule has 0 aromatic heterocycles. The van der Waals surface area contributed by atoms with Crippen LogP contribution in [-0.2, 0) is 14.3 Å². The number of carboxylic acid groups (broad SMARTS) is 2. The van der Waals surface area contributed by atoms with Crippen LogP contribution in [0.4, 0.5) is 0 Å². The third-order valence-corrected chi connectivity index (χ3v) is 3.08. The first-order valence-corrected chi connectivity index (χ1v) is 7.68. The van der Waals surface area contributed by atoms with E-state index >= 15 is 0 Å². The van der Waals surface area contributed by atoms with E-state index in [2.05, 4.69) is 44.3 Å². The minimum absolute atomic E-state index is 0.535. The summed E-state index contributed by atoms with van der Waals surface area (Å²) in [5, 5.41) is 18.0. The lowest BCUT2D eigenvalue weighted by Gasteiger charge is -2.13. The normalized spacial score (nSPS) is 10.0. The van der Waals surface area contributed by atoms with E-state index < -0.39 is 11.9 Å². The van der Waals surface area contributed by atoms with Crippen molar-refractivity contribution in [3.05, 3.63) is 29.3 Å². The first-order valence-electron chi connectivity index (χ1n) is 7.68. The van der Waals surface area contributed by atoms with E-state index in [4.69, 9.17) is 29.3 Å². The van der Waals surface area contributed by atoms with Crippen LogP contribution in [0.5, 0.6) is 5.75 Å². The van der Waals surface area contributed by atoms with Gasteiger partial charge in [-0.2, -0.15) is 0 Å². The summed E-state index contributed by atoms with van der Waals surface area (Å²) < 4.78 is 10.8. The van der Waals surface area contributed by atoms with Crippen molar-refractivity contribution < 1.29 is 29.3 Å². The number of nitrogens with one attached hydrogen (secondary N) is 1. The number of hydrogen-bond acceptors (Lipinski definition) is 5. The minimum Gasteiger partial charge on any atom is -0.492 e. The van der Waals surface area contributed by atoms with Crippen LogP contribution >= 0.6 is 0 Å². The quantitative estimate of drug-likeness (QED) is 0.490. The van der Waals surface area contributed by atoms with Gasteiger partial charge in [-0.3, -0.25) is 0 Å². The zero-order chi connectivity index (χ0) is 18.5. The van der Waals surface area contributed by atoms with Crippen LogP contribution < -0.4 is 10.1 Å². The predicted molar refractivity (Wildman–Crippen MR) is 90.8 cm³/mol. The van der Waals surface area contributed by atoms with Gasteiger partial charge in [0.25, 0.3) is 0 Å². The van der Waals surface area contributed by atoms with Crippen molar-refractivity contribution in [1.82, 2.24) is 5.32 Å². The second-order valence-corrected chi connectivity index (χ2v) is 5.38. The summed E-state index contributed by atoms with van der Waals surface area (Å²) in [6.07, 6.45) is 0. The molecule has 0 unspecified atom stereocenters. The van der Waals surface area contributed by atoms with Gasteiger partial charge in [0.05, 0.1) is 6.61 Å². The molecule has 0 fully saturated rings. The number of benzene rings is 1. The van der Waals surface area contributed by atoms with E-state index in [1.54, 1.807) is 7.11 Å². The third kappa shape index (κ3) is 9.81. The fourth-order valence-electron chi connectivity index (χ4n) is 1.66. The number of ether oxygens (including phenoxy) is 2. The SMILES string of the molecule is COCCNCCOc1cc(C(C)C)ccc1C.O=C(O)C(=O)O. The van der Waals surface area contributed by atoms with Gasteiger partial charge in [-0.15, -0.1) is 0 Å². The van der Waals surface area contributed by atoms with Gasteiger partial charge in [0.15, 0.2) is 0 Å². The molecule has 0 spiro atoms. The third-order valence-electron chi connectivity index (χ3n) is 3.08. The highest BCUT2D eigenvalue weighted by atomic mass is 16.5. The van der Waals surface area contributed by atoms with Gasteiger partial charge in [-0.05, 0) is 30.0 Å². The summed E-state index contributed by atoms with van der Waals surface area (Å²) in [5.74, 6) is -2.12. The van der Waals surface area contributed by atoms with Gasteiger partial charge in [0.2, 0.25) is 0 Å². The van der Waals surface area contributed by atoms with Crippen molar-refractivity contribution in [2.75, 3.05) is 33.4 Å². The summed E-state index contributed by atoms with van der Waals surface area (Å²) in [4.78, 5) is 18.2. The highest BCUT2D eigenvalue weighted by Crippen LogP contribution is 2.24. The van der Waals surface area contributed by atoms with Crippen molar-refractivity contribution in [2.45, 2.75) is 26.7 Å². The smallest absolute Gasteiger partial charge is 0.414 e. The van der Waals surface area contributed by atoms with Crippen molar-refractivity contribution in [3.63, 3.8) is 0 Å². The van der Waals surface area contributed by atoms with Gasteiger partial charge in [0, 0.05) is 20.2 Å². The maximum Gasteiger partial charge on any atom is 0.414 e. The molecule has 0 atom stereocenters. The van der Waals surface area contributed by atoms with Crippen molar-refractivity contribution in [1.29, 1.82) is 0 Å². The average Bonchev–Trinajstić information content (AvgIpc) is 2.52. The molecule has 0 bridgehead atoms. The van der Waals surface area contributed by atoms with E-state index in [1.165, 1.54) is 11.1 Å². The Morgan fingerprint density at radius 1 is 1.12 bits per heavy atom. The minimum atomic E-state index is -1.82. The molecule has 0 aliphatic rings. The van der Waals surface area contributed by atoms with E-state index in [-0.39, 0.29) is 0 Å². The fourth-order valence-corrected chi connectivity index (χ4v) is 1.66. The van der Waals surface area contributed by atoms with Crippen LogP contribution in [0, 0.1) is 6.92 Å². The Morgan fingerprint density at radius 2 is 1.71 bits per heavy atom. The molecule has 0 saturated heterocycles. The molecule has 1 aromatic carbocycles. The first kappa shape index (κ1) is 21.9. The van der Waals surface area contributed by atoms with Crippen LogP contribution in [0.25, 0.3) is 0 Å². The molecule has 7 nitrogen and oxygen atoms in total. The molecule has 7 heteroatoms. The number of aliphatic carboxylic acids is 2. The summed E-state index contributed by atoms with van der Waals surface area (Å²) in [6.45, 7) is 9.60. The molecular formula is C17H27NO6. The predicted octanol–water partition coefficient (Wildman–Crippen LogP) is 1.89. The molecule has 0 heterocycles. The number of carboxylic acids is 2. The van der Waals surface area contributed by atoms with Gasteiger partial charge in [0.1, 0.15) is 12.4 Å². The Balaban J connectivity index is 0.000000754. The molecule has 136 valence electrons. The van der Waals surface area contributed by atoms with Crippen molar-refractivity contribution in [3.8, 4) is 5.75 Å². The number of hydrogen-bond donors (Lipinski definition) is 3. The Labute approximate surface area is 142 Å². The monoisotopic (exact) mass is 341 g/mol. The second-order valence-electron chi connectivity index (χ2n) is 5.38. The van der Waals surface area contributed by atoms with E-state index in [0.717, 1.165) is 25.4 Å². The molecule has 1 rings (SSSR count). The van der Waals surface area contributed by atoms with E-state index in [9.17, 15) is 0 Å². The molecule has 0 radical (unpaired) electrons. The average molecular weight is 341 g/mol. The molecule has 0 amide bonds. The lowest BCUT2D eigenvalue weighted by atomic mass is 10.0. The molecule has 3 N–H and O–H groups in total. The summed E-state index contributed by atoms with van der Waals surface area (Å²) in [5.41, 5.74) is 2.51. The van der Waals surface area contributed by atoms with Gasteiger partial charge in [-0.1, -0.05) is 26.0 Å². The molecule has 0 aliphatic heterocycles. The lowest BCUT2D eigenvalue weighted by Crippen LogP contribution is -2.24. The van der Waals surface area contributed by atoms with Crippen molar-refractivity contribution in [2.24, 2.45) is 0 Å². The first-order chi connectivity index (χ1) is 11.3. The van der Waals surface area contributed by atoms with E-state index in [0.29, 0.717) is 12.5 Å². The topological polar surface area (TPSA) is 105 Å². The van der Waals surface area contributed by atoms with Crippen LogP contribution in [-0.4, -0.2) is 55.6 Å². The zero-order valence-corrected chi connectivity index (χ0v) is 14.7. The maximum absolute atomic E-state index is 9.10. The van der Waals surface area contributed by atoms with Crippen LogP contribution in [0.2, 0.25) is 0 Å². The Bertz CT molecular complexity index is 504. The van der Waals surface area contributed by atoms with Gasteiger partial charge < -0.3 is 25.0 Å². The number of aryl methyl sites for hydroxylation is 1. The highest BCUT2D eigenvalue weighted by Gasteiger charge is 2.05. The lowest BCUT2D eigenvalue weighted by molar-refractivity contribution is -0.159. The maximum atomic E-state index is 9.10. The molecule has 24 heavy (non-hydrogen) atoms. The number of rotatable bonds is 8. The summed E-state index contributed by atoms with van der Waals surface area (Å²) in [7, 11) is 1.71. The molecule has 0 saturated carbocycles. The number of carbonyl (C=O) groups is 2. The molecule has 0 aliphatic carbocycles. The Kier molecular flexibility index (Phi) is 11.2. The van der Waals surface area contributed by atoms with Gasteiger partial charge in [-0.25, -0.2) is 9.59 Å². The van der Waals surface area contributed by atoms with Gasteiger partial charge >= 0.3 is 11.9 Å². The Morgan fingerprint density at radius 3 is 2.21 bits per heavy atom. The summed E-state index contributed by atoms with van der Waals surface area (Å²) in [6, 6.07) is 6.45. The summed E-state index contributed by atoms with van der Waals surface area (Å²) >= 11 is 0. The van der Waals surface area contributed by atoms with Crippen LogP contribution in [0.1, 0.15) is 30.9 Å². The number of methoxy groups -OCH3 is 1. The van der Waals surface area contributed by atoms with Crippen LogP contribution in [0.15, 0.2) is 18.2 Å². The second kappa shape index (κ2) is 12.3. The fraction of sp³-hybridized carbons (Fsp3) is 0.529. The highest BCUT2D eigenvalue weighted by molar-refractivity contribution is 6.27. The molecular weight excluding hydrogens is 314 g/mol. The van der Waals surface area contributed by atoms with Crippen molar-refractivity contribution >= 4 is 11.9 Å². The zero-order valence-electron chi connectivity index (χ0n) is 14.7. The van der Waals surface area contributed by atoms with Crippen LogP contribution in [0.3, 0.4) is 0 Å². The molecule has 1 aromatic rings. The Hall–Kier alpha value is -2.12. The standard InChI is InChI=1S/C15H25NO2.C2H2O4/c1-12(2)14-6-5-13(3)15(11-14)18-10-8-16-7-9-17-4;3-1(4)2(5)6/h5-6,11-12,16H,7-10H2,1-4H3;(H,3,4)(H,5,6). The largest absolute Gasteiger partial charge is 0.492 e.